The molecule has 0 saturated carbocycles. The second kappa shape index (κ2) is 6.67. The molecular weight excluding hydrogens is 282 g/mol. The van der Waals surface area contributed by atoms with Crippen molar-refractivity contribution in [3.05, 3.63) is 78.1 Å². The Bertz CT molecular complexity index is 641. The van der Waals surface area contributed by atoms with E-state index in [2.05, 4.69) is 4.98 Å². The van der Waals surface area contributed by atoms with Crippen LogP contribution >= 0.6 is 0 Å². The van der Waals surface area contributed by atoms with Gasteiger partial charge in [-0.2, -0.15) is 0 Å². The summed E-state index contributed by atoms with van der Waals surface area (Å²) in [5.41, 5.74) is 0.187. The van der Waals surface area contributed by atoms with E-state index >= 15 is 0 Å². The van der Waals surface area contributed by atoms with Crippen molar-refractivity contribution >= 4 is 11.9 Å². The molecule has 2 aromatic rings. The molecule has 1 aromatic heterocycles. The number of nitrogens with zero attached hydrogens (tertiary/aromatic N) is 1. The molecule has 22 heavy (non-hydrogen) atoms. The van der Waals surface area contributed by atoms with Gasteiger partial charge in [-0.3, -0.25) is 4.98 Å². The monoisotopic (exact) mass is 297 g/mol. The molecule has 0 saturated heterocycles. The zero-order valence-corrected chi connectivity index (χ0v) is 12.0. The number of rotatable bonds is 5. The number of carboxylic acid groups (broad SMARTS) is 1. The van der Waals surface area contributed by atoms with Gasteiger partial charge in [-0.05, 0) is 19.1 Å². The summed E-state index contributed by atoms with van der Waals surface area (Å²) in [4.78, 5) is 26.7. The summed E-state index contributed by atoms with van der Waals surface area (Å²) in [7, 11) is 0. The standard InChI is InChI=1S/C17H15NO4/c1-17(13-7-3-2-4-8-13,14-9-5-6-12-18-14)22-16(21)11-10-15(19)20/h2-12H,1H3,(H,19,20)/b11-10-. The number of carboxylic acids is 1. The molecule has 5 nitrogen and oxygen atoms in total. The van der Waals surface area contributed by atoms with E-state index in [0.29, 0.717) is 5.69 Å². The lowest BCUT2D eigenvalue weighted by molar-refractivity contribution is -0.149. The number of pyridine rings is 1. The smallest absolute Gasteiger partial charge is 0.332 e. The van der Waals surface area contributed by atoms with Gasteiger partial charge in [-0.15, -0.1) is 0 Å². The van der Waals surface area contributed by atoms with Crippen molar-refractivity contribution in [2.75, 3.05) is 0 Å². The Hall–Kier alpha value is -2.95. The van der Waals surface area contributed by atoms with Crippen molar-refractivity contribution < 1.29 is 19.4 Å². The quantitative estimate of drug-likeness (QED) is 0.678. The number of hydrogen-bond donors (Lipinski definition) is 1. The lowest BCUT2D eigenvalue weighted by Gasteiger charge is -2.29. The van der Waals surface area contributed by atoms with Crippen molar-refractivity contribution in [2.45, 2.75) is 12.5 Å². The number of carbonyl (C=O) groups excluding carboxylic acids is 1. The van der Waals surface area contributed by atoms with Gasteiger partial charge in [0.25, 0.3) is 0 Å². The van der Waals surface area contributed by atoms with E-state index in [1.807, 2.05) is 30.3 Å². The molecule has 2 rings (SSSR count). The zero-order valence-electron chi connectivity index (χ0n) is 12.0. The van der Waals surface area contributed by atoms with Crippen molar-refractivity contribution in [1.29, 1.82) is 0 Å². The highest BCUT2D eigenvalue weighted by atomic mass is 16.6. The summed E-state index contributed by atoms with van der Waals surface area (Å²) in [6.07, 6.45) is 3.23. The maximum atomic E-state index is 11.9. The predicted molar refractivity (Wildman–Crippen MR) is 80.0 cm³/mol. The summed E-state index contributed by atoms with van der Waals surface area (Å²) in [6.45, 7) is 1.72. The zero-order chi connectivity index (χ0) is 16.0. The van der Waals surface area contributed by atoms with Gasteiger partial charge in [0, 0.05) is 23.9 Å². The third-order valence-corrected chi connectivity index (χ3v) is 3.15. The molecule has 0 radical (unpaired) electrons. The molecule has 0 bridgehead atoms. The minimum Gasteiger partial charge on any atom is -0.478 e. The fourth-order valence-corrected chi connectivity index (χ4v) is 2.03. The third kappa shape index (κ3) is 3.58. The van der Waals surface area contributed by atoms with E-state index in [1.165, 1.54) is 0 Å². The molecule has 0 aliphatic heterocycles. The highest BCUT2D eigenvalue weighted by Crippen LogP contribution is 2.32. The number of aliphatic carboxylic acids is 1. The molecular formula is C17H15NO4. The van der Waals surface area contributed by atoms with Crippen LogP contribution in [0.1, 0.15) is 18.2 Å². The Morgan fingerprint density at radius 1 is 1.09 bits per heavy atom. The van der Waals surface area contributed by atoms with Crippen LogP contribution in [0.25, 0.3) is 0 Å². The van der Waals surface area contributed by atoms with Gasteiger partial charge < -0.3 is 9.84 Å². The van der Waals surface area contributed by atoms with Crippen LogP contribution < -0.4 is 0 Å². The van der Waals surface area contributed by atoms with Gasteiger partial charge >= 0.3 is 11.9 Å². The van der Waals surface area contributed by atoms with Gasteiger partial charge in [0.2, 0.25) is 0 Å². The average molecular weight is 297 g/mol. The van der Waals surface area contributed by atoms with Crippen LogP contribution in [0.2, 0.25) is 0 Å². The van der Waals surface area contributed by atoms with Gasteiger partial charge in [0.1, 0.15) is 0 Å². The van der Waals surface area contributed by atoms with Crippen molar-refractivity contribution in [3.8, 4) is 0 Å². The first kappa shape index (κ1) is 15.4. The highest BCUT2D eigenvalue weighted by Gasteiger charge is 2.34. The maximum absolute atomic E-state index is 11.9. The molecule has 112 valence electrons. The molecule has 0 spiro atoms. The van der Waals surface area contributed by atoms with Crippen LogP contribution in [-0.4, -0.2) is 22.0 Å². The summed E-state index contributed by atoms with van der Waals surface area (Å²) in [5.74, 6) is -1.96. The molecule has 0 aliphatic carbocycles. The molecule has 0 aliphatic rings. The first-order valence-electron chi connectivity index (χ1n) is 6.63. The van der Waals surface area contributed by atoms with Crippen LogP contribution in [0.3, 0.4) is 0 Å². The number of ether oxygens (including phenoxy) is 1. The van der Waals surface area contributed by atoms with Gasteiger partial charge in [0.05, 0.1) is 5.69 Å². The topological polar surface area (TPSA) is 76.5 Å². The summed E-state index contributed by atoms with van der Waals surface area (Å²) in [5, 5.41) is 8.59. The molecule has 0 fully saturated rings. The fraction of sp³-hybridized carbons (Fsp3) is 0.118. The van der Waals surface area contributed by atoms with Crippen LogP contribution in [0.15, 0.2) is 66.9 Å². The summed E-state index contributed by atoms with van der Waals surface area (Å²) < 4.78 is 5.51. The molecule has 1 unspecified atom stereocenters. The molecule has 0 amide bonds. The molecule has 1 N–H and O–H groups in total. The van der Waals surface area contributed by atoms with E-state index < -0.39 is 17.5 Å². The van der Waals surface area contributed by atoms with E-state index in [4.69, 9.17) is 9.84 Å². The Morgan fingerprint density at radius 2 is 1.77 bits per heavy atom. The Labute approximate surface area is 127 Å². The second-order valence-corrected chi connectivity index (χ2v) is 4.71. The highest BCUT2D eigenvalue weighted by molar-refractivity contribution is 5.91. The van der Waals surface area contributed by atoms with Crippen LogP contribution in [-0.2, 0) is 19.9 Å². The third-order valence-electron chi connectivity index (χ3n) is 3.15. The molecule has 1 heterocycles. The Kier molecular flexibility index (Phi) is 4.68. The Balaban J connectivity index is 2.39. The lowest BCUT2D eigenvalue weighted by Crippen LogP contribution is -2.31. The maximum Gasteiger partial charge on any atom is 0.332 e. The van der Waals surface area contributed by atoms with Crippen molar-refractivity contribution in [2.24, 2.45) is 0 Å². The summed E-state index contributed by atoms with van der Waals surface area (Å²) >= 11 is 0. The first-order valence-corrected chi connectivity index (χ1v) is 6.63. The summed E-state index contributed by atoms with van der Waals surface area (Å²) in [6, 6.07) is 14.5. The average Bonchev–Trinajstić information content (AvgIpc) is 2.54. The predicted octanol–water partition coefficient (Wildman–Crippen LogP) is 2.53. The Morgan fingerprint density at radius 3 is 2.36 bits per heavy atom. The van der Waals surface area contributed by atoms with E-state index in [1.54, 1.807) is 31.3 Å². The molecule has 1 atom stereocenters. The van der Waals surface area contributed by atoms with Gasteiger partial charge in [-0.25, -0.2) is 9.59 Å². The minimum absolute atomic E-state index is 0.554. The number of esters is 1. The first-order chi connectivity index (χ1) is 10.5. The van der Waals surface area contributed by atoms with E-state index in [0.717, 1.165) is 17.7 Å². The fourth-order valence-electron chi connectivity index (χ4n) is 2.03. The number of carbonyl (C=O) groups is 2. The number of aromatic nitrogens is 1. The largest absolute Gasteiger partial charge is 0.478 e. The number of hydrogen-bond acceptors (Lipinski definition) is 4. The molecule has 5 heteroatoms. The van der Waals surface area contributed by atoms with E-state index in [9.17, 15) is 9.59 Å². The minimum atomic E-state index is -1.21. The number of benzene rings is 1. The van der Waals surface area contributed by atoms with Crippen molar-refractivity contribution in [1.82, 2.24) is 4.98 Å². The van der Waals surface area contributed by atoms with Crippen LogP contribution in [0, 0.1) is 0 Å². The SMILES string of the molecule is CC(OC(=O)/C=C\C(=O)O)(c1ccccc1)c1ccccn1. The van der Waals surface area contributed by atoms with Crippen LogP contribution in [0.4, 0.5) is 0 Å². The van der Waals surface area contributed by atoms with Crippen molar-refractivity contribution in [3.63, 3.8) is 0 Å². The normalized spacial score (nSPS) is 13.5. The van der Waals surface area contributed by atoms with E-state index in [-0.39, 0.29) is 0 Å². The lowest BCUT2D eigenvalue weighted by atomic mass is 9.91. The van der Waals surface area contributed by atoms with Gasteiger partial charge in [0.15, 0.2) is 5.60 Å². The van der Waals surface area contributed by atoms with Gasteiger partial charge in [-0.1, -0.05) is 36.4 Å². The second-order valence-electron chi connectivity index (χ2n) is 4.71. The van der Waals surface area contributed by atoms with Crippen LogP contribution in [0.5, 0.6) is 0 Å². The molecule has 1 aromatic carbocycles.